The zero-order chi connectivity index (χ0) is 12.5. The predicted molar refractivity (Wildman–Crippen MR) is 70.3 cm³/mol. The van der Waals surface area contributed by atoms with Gasteiger partial charge in [-0.2, -0.15) is 0 Å². The average molecular weight is 247 g/mol. The lowest BCUT2D eigenvalue weighted by Gasteiger charge is -2.24. The lowest BCUT2D eigenvalue weighted by molar-refractivity contribution is 0.0299. The van der Waals surface area contributed by atoms with Crippen LogP contribution in [-0.2, 0) is 0 Å². The third kappa shape index (κ3) is 2.44. The molecule has 4 atom stereocenters. The maximum atomic E-state index is 10.1. The highest BCUT2D eigenvalue weighted by atomic mass is 16.3. The summed E-state index contributed by atoms with van der Waals surface area (Å²) in [5, 5.41) is 23.5. The first kappa shape index (κ1) is 12.2. The van der Waals surface area contributed by atoms with Crippen molar-refractivity contribution in [1.29, 1.82) is 0 Å². The first-order chi connectivity index (χ1) is 8.75. The van der Waals surface area contributed by atoms with Crippen LogP contribution in [0.15, 0.2) is 30.3 Å². The summed E-state index contributed by atoms with van der Waals surface area (Å²) in [7, 11) is 0. The number of hydrogen-bond donors (Lipinski definition) is 3. The van der Waals surface area contributed by atoms with Crippen LogP contribution in [0.4, 0.5) is 0 Å². The molecule has 2 aliphatic carbocycles. The molecule has 0 amide bonds. The van der Waals surface area contributed by atoms with Gasteiger partial charge in [-0.3, -0.25) is 0 Å². The first-order valence-electron chi connectivity index (χ1n) is 6.90. The Kier molecular flexibility index (Phi) is 3.37. The van der Waals surface area contributed by atoms with Gasteiger partial charge in [0.2, 0.25) is 0 Å². The van der Waals surface area contributed by atoms with E-state index in [0.717, 1.165) is 12.5 Å². The Balaban J connectivity index is 1.73. The van der Waals surface area contributed by atoms with E-state index in [-0.39, 0.29) is 12.0 Å². The summed E-state index contributed by atoms with van der Waals surface area (Å²) in [6, 6.07) is 10.2. The van der Waals surface area contributed by atoms with E-state index in [1.807, 2.05) is 18.2 Å². The van der Waals surface area contributed by atoms with Crippen molar-refractivity contribution in [1.82, 2.24) is 5.32 Å². The minimum atomic E-state index is -0.644. The minimum Gasteiger partial charge on any atom is -0.390 e. The van der Waals surface area contributed by atoms with Gasteiger partial charge >= 0.3 is 0 Å². The van der Waals surface area contributed by atoms with E-state index >= 15 is 0 Å². The third-order valence-electron chi connectivity index (χ3n) is 4.26. The fourth-order valence-electron chi connectivity index (χ4n) is 2.95. The second kappa shape index (κ2) is 5.00. The maximum Gasteiger partial charge on any atom is 0.0957 e. The molecule has 0 saturated heterocycles. The van der Waals surface area contributed by atoms with Crippen molar-refractivity contribution < 1.29 is 10.2 Å². The van der Waals surface area contributed by atoms with Crippen LogP contribution < -0.4 is 5.32 Å². The monoisotopic (exact) mass is 247 g/mol. The fourth-order valence-corrected chi connectivity index (χ4v) is 2.95. The number of nitrogens with one attached hydrogen (secondary N) is 1. The third-order valence-corrected chi connectivity index (χ3v) is 4.26. The first-order valence-corrected chi connectivity index (χ1v) is 6.90. The van der Waals surface area contributed by atoms with Crippen LogP contribution in [0.1, 0.15) is 30.7 Å². The molecule has 18 heavy (non-hydrogen) atoms. The lowest BCUT2D eigenvalue weighted by atomic mass is 9.93. The van der Waals surface area contributed by atoms with Crippen molar-refractivity contribution >= 4 is 0 Å². The largest absolute Gasteiger partial charge is 0.390 e. The van der Waals surface area contributed by atoms with Crippen LogP contribution >= 0.6 is 0 Å². The van der Waals surface area contributed by atoms with Crippen LogP contribution in [-0.4, -0.2) is 35.0 Å². The second-order valence-corrected chi connectivity index (χ2v) is 5.69. The van der Waals surface area contributed by atoms with E-state index in [1.54, 1.807) is 0 Å². The molecule has 1 aromatic rings. The topological polar surface area (TPSA) is 52.5 Å². The van der Waals surface area contributed by atoms with Crippen molar-refractivity contribution in [2.45, 2.75) is 43.4 Å². The summed E-state index contributed by atoms with van der Waals surface area (Å²) in [5.41, 5.74) is 1.21. The van der Waals surface area contributed by atoms with E-state index in [2.05, 4.69) is 17.4 Å². The SMILES string of the molecule is O[C@H]1[C@H](NCC2CC2)[C@@H](c2ccccc2)C[C@H]1O. The van der Waals surface area contributed by atoms with Crippen LogP contribution in [0.5, 0.6) is 0 Å². The molecule has 0 spiro atoms. The zero-order valence-electron chi connectivity index (χ0n) is 10.5. The highest BCUT2D eigenvalue weighted by Gasteiger charge is 2.42. The summed E-state index contributed by atoms with van der Waals surface area (Å²) in [5.74, 6) is 1.00. The molecule has 0 heterocycles. The Bertz CT molecular complexity index is 391. The molecule has 3 heteroatoms. The molecular weight excluding hydrogens is 226 g/mol. The molecular formula is C15H21NO2. The number of benzene rings is 1. The normalized spacial score (nSPS) is 35.9. The van der Waals surface area contributed by atoms with Crippen molar-refractivity contribution in [3.05, 3.63) is 35.9 Å². The Morgan fingerprint density at radius 1 is 1.11 bits per heavy atom. The van der Waals surface area contributed by atoms with E-state index in [9.17, 15) is 10.2 Å². The second-order valence-electron chi connectivity index (χ2n) is 5.69. The van der Waals surface area contributed by atoms with Crippen LogP contribution in [0.2, 0.25) is 0 Å². The molecule has 2 aliphatic rings. The maximum absolute atomic E-state index is 10.1. The molecule has 3 rings (SSSR count). The molecule has 0 radical (unpaired) electrons. The Hall–Kier alpha value is -0.900. The minimum absolute atomic E-state index is 0.0111. The van der Waals surface area contributed by atoms with Gasteiger partial charge in [-0.1, -0.05) is 30.3 Å². The fraction of sp³-hybridized carbons (Fsp3) is 0.600. The molecule has 3 nitrogen and oxygen atoms in total. The Labute approximate surface area is 108 Å². The van der Waals surface area contributed by atoms with Crippen molar-refractivity contribution in [3.63, 3.8) is 0 Å². The standard InChI is InChI=1S/C15H21NO2/c17-13-8-12(11-4-2-1-3-5-11)14(15(13)18)16-9-10-6-7-10/h1-5,10,12-18H,6-9H2/t12-,13-,14-,15-/m1/s1. The molecule has 2 saturated carbocycles. The predicted octanol–water partition coefficient (Wildman–Crippen LogP) is 1.26. The summed E-state index contributed by atoms with van der Waals surface area (Å²) in [4.78, 5) is 0. The lowest BCUT2D eigenvalue weighted by Crippen LogP contribution is -2.43. The highest BCUT2D eigenvalue weighted by molar-refractivity contribution is 5.24. The molecule has 98 valence electrons. The van der Waals surface area contributed by atoms with E-state index in [0.29, 0.717) is 6.42 Å². The zero-order valence-corrected chi connectivity index (χ0v) is 10.5. The van der Waals surface area contributed by atoms with Gasteiger partial charge in [0.1, 0.15) is 0 Å². The van der Waals surface area contributed by atoms with Crippen molar-refractivity contribution in [2.24, 2.45) is 5.92 Å². The molecule has 0 aliphatic heterocycles. The van der Waals surface area contributed by atoms with Crippen LogP contribution in [0.25, 0.3) is 0 Å². The molecule has 2 fully saturated rings. The summed E-state index contributed by atoms with van der Waals surface area (Å²) in [6.45, 7) is 0.970. The quantitative estimate of drug-likeness (QED) is 0.751. The van der Waals surface area contributed by atoms with Gasteiger partial charge in [0.15, 0.2) is 0 Å². The summed E-state index contributed by atoms with van der Waals surface area (Å²) in [6.07, 6.45) is 2.00. The average Bonchev–Trinajstić information content (AvgIpc) is 3.18. The summed E-state index contributed by atoms with van der Waals surface area (Å²) >= 11 is 0. The Morgan fingerprint density at radius 2 is 1.83 bits per heavy atom. The van der Waals surface area contributed by atoms with Gasteiger partial charge in [0, 0.05) is 12.0 Å². The van der Waals surface area contributed by atoms with Gasteiger partial charge in [-0.05, 0) is 37.3 Å². The van der Waals surface area contributed by atoms with Crippen LogP contribution in [0, 0.1) is 5.92 Å². The molecule has 0 bridgehead atoms. The number of hydrogen-bond acceptors (Lipinski definition) is 3. The van der Waals surface area contributed by atoms with Gasteiger partial charge < -0.3 is 15.5 Å². The smallest absolute Gasteiger partial charge is 0.0957 e. The van der Waals surface area contributed by atoms with E-state index < -0.39 is 12.2 Å². The summed E-state index contributed by atoms with van der Waals surface area (Å²) < 4.78 is 0. The van der Waals surface area contributed by atoms with E-state index in [4.69, 9.17) is 0 Å². The van der Waals surface area contributed by atoms with Gasteiger partial charge in [-0.25, -0.2) is 0 Å². The number of rotatable bonds is 4. The molecule has 0 unspecified atom stereocenters. The van der Waals surface area contributed by atoms with E-state index in [1.165, 1.54) is 18.4 Å². The number of aliphatic hydroxyl groups is 2. The van der Waals surface area contributed by atoms with Crippen molar-refractivity contribution in [2.75, 3.05) is 6.54 Å². The van der Waals surface area contributed by atoms with Gasteiger partial charge in [-0.15, -0.1) is 0 Å². The molecule has 1 aromatic carbocycles. The highest BCUT2D eigenvalue weighted by Crippen LogP contribution is 2.36. The number of aliphatic hydroxyl groups excluding tert-OH is 2. The van der Waals surface area contributed by atoms with Gasteiger partial charge in [0.05, 0.1) is 12.2 Å². The Morgan fingerprint density at radius 3 is 2.50 bits per heavy atom. The molecule has 0 aromatic heterocycles. The van der Waals surface area contributed by atoms with Crippen molar-refractivity contribution in [3.8, 4) is 0 Å². The van der Waals surface area contributed by atoms with Crippen LogP contribution in [0.3, 0.4) is 0 Å². The molecule has 3 N–H and O–H groups in total. The van der Waals surface area contributed by atoms with Gasteiger partial charge in [0.25, 0.3) is 0 Å².